The first-order valence-corrected chi connectivity index (χ1v) is 5.74. The molecule has 0 aliphatic carbocycles. The van der Waals surface area contributed by atoms with Crippen LogP contribution in [0.1, 0.15) is 0 Å². The lowest BCUT2D eigenvalue weighted by atomic mass is 10.2. The van der Waals surface area contributed by atoms with Crippen molar-refractivity contribution in [3.05, 3.63) is 69.4 Å². The van der Waals surface area contributed by atoms with Crippen molar-refractivity contribution >= 4 is 5.69 Å². The van der Waals surface area contributed by atoms with E-state index >= 15 is 0 Å². The van der Waals surface area contributed by atoms with Gasteiger partial charge < -0.3 is 4.42 Å². The van der Waals surface area contributed by atoms with E-state index in [0.29, 0.717) is 11.4 Å². The molecule has 1 N–H and O–H groups in total. The van der Waals surface area contributed by atoms with E-state index in [1.54, 1.807) is 6.07 Å². The maximum absolute atomic E-state index is 11.9. The molecule has 0 amide bonds. The van der Waals surface area contributed by atoms with E-state index < -0.39 is 4.92 Å². The Hall–Kier alpha value is -3.09. The summed E-state index contributed by atoms with van der Waals surface area (Å²) in [5.41, 5.74) is 1.61. The zero-order valence-corrected chi connectivity index (χ0v) is 10.1. The van der Waals surface area contributed by atoms with E-state index in [2.05, 4.69) is 5.10 Å². The first-order valence-electron chi connectivity index (χ1n) is 5.74. The second kappa shape index (κ2) is 4.54. The smallest absolute Gasteiger partial charge is 0.271 e. The third-order valence-electron chi connectivity index (χ3n) is 2.87. The molecule has 0 bridgehead atoms. The van der Waals surface area contributed by atoms with Gasteiger partial charge in [-0.05, 0) is 18.2 Å². The molecule has 2 aromatic heterocycles. The summed E-state index contributed by atoms with van der Waals surface area (Å²) in [4.78, 5) is 22.0. The molecule has 0 aliphatic rings. The van der Waals surface area contributed by atoms with Crippen LogP contribution < -0.4 is 5.56 Å². The van der Waals surface area contributed by atoms with Crippen molar-refractivity contribution in [1.29, 1.82) is 0 Å². The van der Waals surface area contributed by atoms with E-state index in [1.807, 2.05) is 0 Å². The number of hydrogen-bond donors (Lipinski definition) is 1. The van der Waals surface area contributed by atoms with Gasteiger partial charge in [0.2, 0.25) is 0 Å². The summed E-state index contributed by atoms with van der Waals surface area (Å²) < 4.78 is 6.27. The number of H-pyrrole nitrogens is 1. The minimum atomic E-state index is -0.488. The van der Waals surface area contributed by atoms with Gasteiger partial charge in [-0.3, -0.25) is 20.0 Å². The van der Waals surface area contributed by atoms with Crippen LogP contribution in [0.2, 0.25) is 0 Å². The molecule has 7 heteroatoms. The highest BCUT2D eigenvalue weighted by atomic mass is 16.6. The van der Waals surface area contributed by atoms with Gasteiger partial charge in [0.15, 0.2) is 0 Å². The molecular formula is C13H9N3O4. The summed E-state index contributed by atoms with van der Waals surface area (Å²) in [5, 5.41) is 13.5. The molecule has 1 aromatic carbocycles. The molecule has 0 saturated heterocycles. The second-order valence-corrected chi connectivity index (χ2v) is 4.13. The summed E-state index contributed by atoms with van der Waals surface area (Å²) in [7, 11) is 0. The molecule has 0 unspecified atom stereocenters. The number of furan rings is 1. The summed E-state index contributed by atoms with van der Waals surface area (Å²) in [6.45, 7) is 0. The third kappa shape index (κ3) is 2.01. The molecule has 0 atom stereocenters. The maximum atomic E-state index is 11.9. The molecule has 3 rings (SSSR count). The predicted octanol–water partition coefficient (Wildman–Crippen LogP) is 2.33. The number of nitrogens with zero attached hydrogens (tertiary/aromatic N) is 2. The van der Waals surface area contributed by atoms with Crippen LogP contribution in [0.5, 0.6) is 0 Å². The highest BCUT2D eigenvalue weighted by molar-refractivity contribution is 5.57. The number of nitrogens with one attached hydrogen (secondary N) is 1. The Morgan fingerprint density at radius 1 is 1.20 bits per heavy atom. The van der Waals surface area contributed by atoms with Gasteiger partial charge in [-0.15, -0.1) is 0 Å². The first-order chi connectivity index (χ1) is 9.65. The van der Waals surface area contributed by atoms with Crippen LogP contribution in [0.25, 0.3) is 16.9 Å². The molecule has 2 heterocycles. The van der Waals surface area contributed by atoms with E-state index in [4.69, 9.17) is 4.42 Å². The van der Waals surface area contributed by atoms with Gasteiger partial charge in [0.1, 0.15) is 0 Å². The van der Waals surface area contributed by atoms with Gasteiger partial charge in [-0.2, -0.15) is 0 Å². The molecule has 0 radical (unpaired) electrons. The Morgan fingerprint density at radius 3 is 2.55 bits per heavy atom. The van der Waals surface area contributed by atoms with Crippen molar-refractivity contribution in [1.82, 2.24) is 9.78 Å². The van der Waals surface area contributed by atoms with Crippen LogP contribution in [0.3, 0.4) is 0 Å². The number of nitro benzene ring substituents is 1. The Balaban J connectivity index is 2.02. The molecule has 20 heavy (non-hydrogen) atoms. The van der Waals surface area contributed by atoms with Gasteiger partial charge in [-0.25, -0.2) is 4.68 Å². The van der Waals surface area contributed by atoms with Gasteiger partial charge in [-0.1, -0.05) is 0 Å². The van der Waals surface area contributed by atoms with E-state index in [-0.39, 0.29) is 11.2 Å². The fourth-order valence-electron chi connectivity index (χ4n) is 1.88. The summed E-state index contributed by atoms with van der Waals surface area (Å²) >= 11 is 0. The van der Waals surface area contributed by atoms with Crippen molar-refractivity contribution in [3.63, 3.8) is 0 Å². The Morgan fingerprint density at radius 2 is 1.95 bits per heavy atom. The SMILES string of the molecule is O=c1cc(-c2ccoc2)[nH]n1-c1ccc([N+](=O)[O-])cc1. The summed E-state index contributed by atoms with van der Waals surface area (Å²) in [5.74, 6) is 0. The Kier molecular flexibility index (Phi) is 2.72. The number of non-ortho nitro benzene ring substituents is 1. The normalized spacial score (nSPS) is 10.6. The summed E-state index contributed by atoms with van der Waals surface area (Å²) in [6, 6.07) is 8.88. The molecule has 7 nitrogen and oxygen atoms in total. The topological polar surface area (TPSA) is 94.1 Å². The van der Waals surface area contributed by atoms with Crippen molar-refractivity contribution in [2.24, 2.45) is 0 Å². The highest BCUT2D eigenvalue weighted by Gasteiger charge is 2.09. The minimum Gasteiger partial charge on any atom is -0.472 e. The lowest BCUT2D eigenvalue weighted by molar-refractivity contribution is -0.384. The van der Waals surface area contributed by atoms with Gasteiger partial charge in [0.05, 0.1) is 28.8 Å². The molecule has 0 saturated carbocycles. The van der Waals surface area contributed by atoms with Gasteiger partial charge in [0.25, 0.3) is 11.2 Å². The molecule has 0 fully saturated rings. The molecule has 3 aromatic rings. The van der Waals surface area contributed by atoms with E-state index in [1.165, 1.54) is 47.5 Å². The zero-order chi connectivity index (χ0) is 14.1. The number of benzene rings is 1. The van der Waals surface area contributed by atoms with Crippen molar-refractivity contribution < 1.29 is 9.34 Å². The number of nitro groups is 1. The predicted molar refractivity (Wildman–Crippen MR) is 70.7 cm³/mol. The van der Waals surface area contributed by atoms with Crippen molar-refractivity contribution in [3.8, 4) is 16.9 Å². The lowest BCUT2D eigenvalue weighted by Crippen LogP contribution is -2.13. The molecule has 0 spiro atoms. The number of hydrogen-bond acceptors (Lipinski definition) is 4. The average molecular weight is 271 g/mol. The van der Waals surface area contributed by atoms with Crippen LogP contribution in [0, 0.1) is 10.1 Å². The third-order valence-corrected chi connectivity index (χ3v) is 2.87. The van der Waals surface area contributed by atoms with Gasteiger partial charge >= 0.3 is 0 Å². The monoisotopic (exact) mass is 271 g/mol. The molecule has 0 aliphatic heterocycles. The number of rotatable bonds is 3. The van der Waals surface area contributed by atoms with Crippen LogP contribution >= 0.6 is 0 Å². The Labute approximate surface area is 112 Å². The minimum absolute atomic E-state index is 0.0246. The quantitative estimate of drug-likeness (QED) is 0.584. The van der Waals surface area contributed by atoms with Crippen molar-refractivity contribution in [2.75, 3.05) is 0 Å². The fourth-order valence-corrected chi connectivity index (χ4v) is 1.88. The first kappa shape index (κ1) is 12.0. The van der Waals surface area contributed by atoms with Crippen LogP contribution in [-0.4, -0.2) is 14.7 Å². The maximum Gasteiger partial charge on any atom is 0.271 e. The van der Waals surface area contributed by atoms with Crippen LogP contribution in [0.4, 0.5) is 5.69 Å². The van der Waals surface area contributed by atoms with E-state index in [0.717, 1.165) is 5.56 Å². The van der Waals surface area contributed by atoms with Crippen molar-refractivity contribution in [2.45, 2.75) is 0 Å². The zero-order valence-electron chi connectivity index (χ0n) is 10.1. The standard InChI is InChI=1S/C13H9N3O4/c17-13-7-12(9-5-6-20-8-9)14-15(13)10-1-3-11(4-2-10)16(18)19/h1-8,14H. The Bertz CT molecular complexity index is 797. The highest BCUT2D eigenvalue weighted by Crippen LogP contribution is 2.18. The van der Waals surface area contributed by atoms with Crippen LogP contribution in [-0.2, 0) is 0 Å². The second-order valence-electron chi connectivity index (χ2n) is 4.13. The average Bonchev–Trinajstić information content (AvgIpc) is 3.08. The number of aromatic amines is 1. The fraction of sp³-hybridized carbons (Fsp3) is 0. The van der Waals surface area contributed by atoms with Crippen LogP contribution in [0.15, 0.2) is 58.1 Å². The summed E-state index contributed by atoms with van der Waals surface area (Å²) in [6.07, 6.45) is 3.03. The largest absolute Gasteiger partial charge is 0.472 e. The van der Waals surface area contributed by atoms with Gasteiger partial charge in [0, 0.05) is 23.8 Å². The lowest BCUT2D eigenvalue weighted by Gasteiger charge is -2.01. The number of aromatic nitrogens is 2. The molecule has 100 valence electrons. The molecular weight excluding hydrogens is 262 g/mol. The van der Waals surface area contributed by atoms with E-state index in [9.17, 15) is 14.9 Å².